The van der Waals surface area contributed by atoms with Crippen LogP contribution in [-0.2, 0) is 16.6 Å². The van der Waals surface area contributed by atoms with Gasteiger partial charge in [-0.1, -0.05) is 37.3 Å². The standard InChI is InChI=1S/C18H23N3O/c1-18(15-6-3-2-4-7-15)10-9-17(22)21(14-18)13-5-8-16-19-11-12-20-16/h2-4,6-7,11-12H,5,8-10,13-14H2,1H3,(H,19,20). The van der Waals surface area contributed by atoms with Gasteiger partial charge in [0, 0.05) is 43.7 Å². The monoisotopic (exact) mass is 297 g/mol. The van der Waals surface area contributed by atoms with Gasteiger partial charge >= 0.3 is 0 Å². The average Bonchev–Trinajstić information content (AvgIpc) is 3.05. The summed E-state index contributed by atoms with van der Waals surface area (Å²) in [5, 5.41) is 0. The van der Waals surface area contributed by atoms with Gasteiger partial charge in [0.25, 0.3) is 0 Å². The summed E-state index contributed by atoms with van der Waals surface area (Å²) < 4.78 is 0. The highest BCUT2D eigenvalue weighted by Crippen LogP contribution is 2.34. The number of carbonyl (C=O) groups is 1. The van der Waals surface area contributed by atoms with Crippen LogP contribution in [0.3, 0.4) is 0 Å². The van der Waals surface area contributed by atoms with Crippen LogP contribution in [0.4, 0.5) is 0 Å². The summed E-state index contributed by atoms with van der Waals surface area (Å²) in [5.41, 5.74) is 1.40. The van der Waals surface area contributed by atoms with Crippen LogP contribution in [0.2, 0.25) is 0 Å². The van der Waals surface area contributed by atoms with Crippen LogP contribution in [0.15, 0.2) is 42.7 Å². The third kappa shape index (κ3) is 3.21. The lowest BCUT2D eigenvalue weighted by Crippen LogP contribution is -2.47. The van der Waals surface area contributed by atoms with Crippen LogP contribution in [0.1, 0.15) is 37.6 Å². The smallest absolute Gasteiger partial charge is 0.222 e. The van der Waals surface area contributed by atoms with E-state index >= 15 is 0 Å². The number of aromatic amines is 1. The second-order valence-electron chi connectivity index (χ2n) is 6.38. The Morgan fingerprint density at radius 1 is 1.32 bits per heavy atom. The van der Waals surface area contributed by atoms with Crippen LogP contribution in [0.25, 0.3) is 0 Å². The fourth-order valence-corrected chi connectivity index (χ4v) is 3.28. The van der Waals surface area contributed by atoms with E-state index in [9.17, 15) is 4.79 Å². The summed E-state index contributed by atoms with van der Waals surface area (Å²) in [6.07, 6.45) is 7.03. The summed E-state index contributed by atoms with van der Waals surface area (Å²) in [5.74, 6) is 1.28. The molecule has 1 N–H and O–H groups in total. The Morgan fingerprint density at radius 2 is 2.14 bits per heavy atom. The van der Waals surface area contributed by atoms with Gasteiger partial charge in [-0.25, -0.2) is 4.98 Å². The van der Waals surface area contributed by atoms with Crippen molar-refractivity contribution in [3.8, 4) is 0 Å². The quantitative estimate of drug-likeness (QED) is 0.922. The molecule has 1 unspecified atom stereocenters. The maximum atomic E-state index is 12.2. The Bertz CT molecular complexity index is 609. The highest BCUT2D eigenvalue weighted by molar-refractivity contribution is 5.77. The highest BCUT2D eigenvalue weighted by atomic mass is 16.2. The third-order valence-corrected chi connectivity index (χ3v) is 4.65. The number of rotatable bonds is 5. The van der Waals surface area contributed by atoms with Crippen molar-refractivity contribution in [1.29, 1.82) is 0 Å². The van der Waals surface area contributed by atoms with Crippen molar-refractivity contribution in [2.24, 2.45) is 0 Å². The Labute approximate surface area is 131 Å². The van der Waals surface area contributed by atoms with E-state index in [-0.39, 0.29) is 11.3 Å². The number of nitrogens with zero attached hydrogens (tertiary/aromatic N) is 2. The van der Waals surface area contributed by atoms with Gasteiger partial charge in [-0.2, -0.15) is 0 Å². The number of likely N-dealkylation sites (tertiary alicyclic amines) is 1. The number of carbonyl (C=O) groups excluding carboxylic acids is 1. The highest BCUT2D eigenvalue weighted by Gasteiger charge is 2.35. The molecule has 1 aliphatic rings. The van der Waals surface area contributed by atoms with E-state index in [1.165, 1.54) is 5.56 Å². The molecule has 1 atom stereocenters. The topological polar surface area (TPSA) is 49.0 Å². The van der Waals surface area contributed by atoms with Gasteiger partial charge in [-0.15, -0.1) is 0 Å². The Morgan fingerprint density at radius 3 is 2.86 bits per heavy atom. The molecule has 0 saturated carbocycles. The van der Waals surface area contributed by atoms with Gasteiger partial charge in [0.05, 0.1) is 0 Å². The zero-order valence-corrected chi connectivity index (χ0v) is 13.1. The van der Waals surface area contributed by atoms with E-state index in [4.69, 9.17) is 0 Å². The molecule has 1 saturated heterocycles. The second kappa shape index (κ2) is 6.34. The van der Waals surface area contributed by atoms with E-state index in [1.54, 1.807) is 6.20 Å². The minimum absolute atomic E-state index is 0.0693. The summed E-state index contributed by atoms with van der Waals surface area (Å²) in [6.45, 7) is 3.89. The number of amides is 1. The lowest BCUT2D eigenvalue weighted by Gasteiger charge is -2.40. The van der Waals surface area contributed by atoms with E-state index < -0.39 is 0 Å². The molecule has 0 aliphatic carbocycles. The summed E-state index contributed by atoms with van der Waals surface area (Å²) in [4.78, 5) is 21.6. The molecule has 116 valence electrons. The number of hydrogen-bond donors (Lipinski definition) is 1. The number of piperidine rings is 1. The van der Waals surface area contributed by atoms with Crippen molar-refractivity contribution in [3.05, 3.63) is 54.1 Å². The van der Waals surface area contributed by atoms with E-state index in [0.29, 0.717) is 6.42 Å². The molecule has 0 spiro atoms. The average molecular weight is 297 g/mol. The second-order valence-corrected chi connectivity index (χ2v) is 6.38. The van der Waals surface area contributed by atoms with Gasteiger partial charge in [0.2, 0.25) is 5.91 Å². The van der Waals surface area contributed by atoms with Crippen molar-refractivity contribution in [2.75, 3.05) is 13.1 Å². The number of aromatic nitrogens is 2. The largest absolute Gasteiger partial charge is 0.349 e. The van der Waals surface area contributed by atoms with E-state index in [2.05, 4.69) is 41.2 Å². The van der Waals surface area contributed by atoms with Crippen LogP contribution in [-0.4, -0.2) is 33.9 Å². The normalized spacial score (nSPS) is 22.0. The van der Waals surface area contributed by atoms with Crippen molar-refractivity contribution in [2.45, 2.75) is 38.0 Å². The van der Waals surface area contributed by atoms with Gasteiger partial charge < -0.3 is 9.88 Å². The Balaban J connectivity index is 1.62. The van der Waals surface area contributed by atoms with Crippen LogP contribution in [0, 0.1) is 0 Å². The molecule has 1 aromatic heterocycles. The Kier molecular flexibility index (Phi) is 4.27. The lowest BCUT2D eigenvalue weighted by molar-refractivity contribution is -0.135. The van der Waals surface area contributed by atoms with Crippen molar-refractivity contribution in [3.63, 3.8) is 0 Å². The number of imidazole rings is 1. The molecule has 1 aromatic carbocycles. The maximum Gasteiger partial charge on any atom is 0.222 e. The van der Waals surface area contributed by atoms with Crippen LogP contribution >= 0.6 is 0 Å². The van der Waals surface area contributed by atoms with E-state index in [1.807, 2.05) is 17.2 Å². The molecule has 2 aromatic rings. The van der Waals surface area contributed by atoms with Gasteiger partial charge in [-0.3, -0.25) is 4.79 Å². The third-order valence-electron chi connectivity index (χ3n) is 4.65. The first-order valence-electron chi connectivity index (χ1n) is 7.99. The zero-order valence-electron chi connectivity index (χ0n) is 13.1. The molecule has 1 amide bonds. The zero-order chi connectivity index (χ0) is 15.4. The first-order chi connectivity index (χ1) is 10.7. The minimum Gasteiger partial charge on any atom is -0.349 e. The molecule has 3 rings (SSSR count). The molecule has 4 nitrogen and oxygen atoms in total. The molecule has 0 bridgehead atoms. The molecular formula is C18H23N3O. The van der Waals surface area contributed by atoms with Gasteiger partial charge in [0.1, 0.15) is 5.82 Å². The predicted molar refractivity (Wildman–Crippen MR) is 86.5 cm³/mol. The molecule has 1 fully saturated rings. The molecular weight excluding hydrogens is 274 g/mol. The van der Waals surface area contributed by atoms with Gasteiger partial charge in [-0.05, 0) is 18.4 Å². The summed E-state index contributed by atoms with van der Waals surface area (Å²) >= 11 is 0. The molecule has 1 aliphatic heterocycles. The molecule has 4 heteroatoms. The summed E-state index contributed by atoms with van der Waals surface area (Å²) in [6, 6.07) is 10.6. The number of H-pyrrole nitrogens is 1. The van der Waals surface area contributed by atoms with E-state index in [0.717, 1.165) is 38.2 Å². The SMILES string of the molecule is CC1(c2ccccc2)CCC(=O)N(CCCc2ncc[nH]2)C1. The Hall–Kier alpha value is -2.10. The van der Waals surface area contributed by atoms with Crippen molar-refractivity contribution < 1.29 is 4.79 Å². The first kappa shape index (κ1) is 14.8. The van der Waals surface area contributed by atoms with Crippen LogP contribution < -0.4 is 0 Å². The number of nitrogens with one attached hydrogen (secondary N) is 1. The molecule has 0 radical (unpaired) electrons. The summed E-state index contributed by atoms with van der Waals surface area (Å²) in [7, 11) is 0. The lowest BCUT2D eigenvalue weighted by atomic mass is 9.75. The van der Waals surface area contributed by atoms with Crippen molar-refractivity contribution in [1.82, 2.24) is 14.9 Å². The first-order valence-corrected chi connectivity index (χ1v) is 7.99. The van der Waals surface area contributed by atoms with Gasteiger partial charge in [0.15, 0.2) is 0 Å². The fourth-order valence-electron chi connectivity index (χ4n) is 3.28. The van der Waals surface area contributed by atoms with Crippen LogP contribution in [0.5, 0.6) is 0 Å². The fraction of sp³-hybridized carbons (Fsp3) is 0.444. The number of benzene rings is 1. The maximum absolute atomic E-state index is 12.2. The number of hydrogen-bond acceptors (Lipinski definition) is 2. The number of aryl methyl sites for hydroxylation is 1. The van der Waals surface area contributed by atoms with Crippen molar-refractivity contribution >= 4 is 5.91 Å². The minimum atomic E-state index is 0.0693. The molecule has 2 heterocycles. The predicted octanol–water partition coefficient (Wildman–Crippen LogP) is 2.92. The molecule has 22 heavy (non-hydrogen) atoms.